The first-order chi connectivity index (χ1) is 7.78. The lowest BCUT2D eigenvalue weighted by atomic mass is 10.1. The van der Waals surface area contributed by atoms with Crippen molar-refractivity contribution in [1.29, 1.82) is 0 Å². The Balaban J connectivity index is 2.72. The van der Waals surface area contributed by atoms with E-state index in [1.165, 1.54) is 12.1 Å². The number of benzene rings is 1. The van der Waals surface area contributed by atoms with Gasteiger partial charge in [0.05, 0.1) is 15.9 Å². The zero-order valence-electron chi connectivity index (χ0n) is 8.87. The van der Waals surface area contributed by atoms with E-state index in [1.54, 1.807) is 12.1 Å². The third-order valence-electron chi connectivity index (χ3n) is 2.14. The van der Waals surface area contributed by atoms with E-state index in [-0.39, 0.29) is 6.42 Å². The zero-order chi connectivity index (χ0) is 13.1. The van der Waals surface area contributed by atoms with Crippen molar-refractivity contribution in [2.75, 3.05) is 0 Å². The highest BCUT2D eigenvalue weighted by Crippen LogP contribution is 2.09. The van der Waals surface area contributed by atoms with Gasteiger partial charge in [-0.2, -0.15) is 0 Å². The summed E-state index contributed by atoms with van der Waals surface area (Å²) in [7, 11) is -4.30. The first-order valence-corrected chi connectivity index (χ1v) is 6.35. The Bertz CT molecular complexity index is 494. The van der Waals surface area contributed by atoms with E-state index in [4.69, 9.17) is 10.8 Å². The molecule has 1 aromatic rings. The van der Waals surface area contributed by atoms with Crippen LogP contribution in [-0.2, 0) is 27.1 Å². The fourth-order valence-corrected chi connectivity index (χ4v) is 1.92. The minimum atomic E-state index is -4.30. The van der Waals surface area contributed by atoms with Crippen molar-refractivity contribution >= 4 is 16.1 Å². The van der Waals surface area contributed by atoms with Crippen molar-refractivity contribution in [2.24, 2.45) is 5.73 Å². The molecule has 0 heterocycles. The molecular formula is C10H12NO5S-. The lowest BCUT2D eigenvalue weighted by Crippen LogP contribution is -2.32. The molecule has 3 N–H and O–H groups in total. The van der Waals surface area contributed by atoms with Crippen LogP contribution in [0.2, 0.25) is 0 Å². The molecule has 1 atom stereocenters. The Morgan fingerprint density at radius 1 is 1.29 bits per heavy atom. The number of hydrogen-bond acceptors (Lipinski definition) is 5. The molecule has 0 amide bonds. The lowest BCUT2D eigenvalue weighted by Gasteiger charge is -2.09. The first kappa shape index (κ1) is 13.6. The van der Waals surface area contributed by atoms with Crippen LogP contribution in [-0.4, -0.2) is 30.1 Å². The summed E-state index contributed by atoms with van der Waals surface area (Å²) < 4.78 is 31.5. The molecule has 1 aromatic carbocycles. The molecule has 0 aliphatic carbocycles. The van der Waals surface area contributed by atoms with Gasteiger partial charge < -0.3 is 15.4 Å². The third-order valence-corrected chi connectivity index (χ3v) is 2.83. The largest absolute Gasteiger partial charge is 0.748 e. The first-order valence-electron chi connectivity index (χ1n) is 4.78. The SMILES string of the molecule is NC(Cc1ccc(CS(=O)(=O)[O-])cc1)C(=O)O. The van der Waals surface area contributed by atoms with Gasteiger partial charge >= 0.3 is 5.97 Å². The number of carboxylic acids is 1. The summed E-state index contributed by atoms with van der Waals surface area (Å²) in [4.78, 5) is 10.5. The van der Waals surface area contributed by atoms with Crippen LogP contribution in [0.1, 0.15) is 11.1 Å². The van der Waals surface area contributed by atoms with Crippen molar-refractivity contribution in [3.63, 3.8) is 0 Å². The van der Waals surface area contributed by atoms with E-state index >= 15 is 0 Å². The molecule has 0 radical (unpaired) electrons. The number of aliphatic carboxylic acids is 1. The molecule has 6 nitrogen and oxygen atoms in total. The summed E-state index contributed by atoms with van der Waals surface area (Å²) in [6.45, 7) is 0. The predicted octanol–water partition coefficient (Wildman–Crippen LogP) is -0.314. The van der Waals surface area contributed by atoms with Crippen molar-refractivity contribution < 1.29 is 22.9 Å². The quantitative estimate of drug-likeness (QED) is 0.698. The van der Waals surface area contributed by atoms with E-state index < -0.39 is 27.9 Å². The van der Waals surface area contributed by atoms with Crippen molar-refractivity contribution in [3.05, 3.63) is 35.4 Å². The van der Waals surface area contributed by atoms with Crippen LogP contribution in [0.5, 0.6) is 0 Å². The number of nitrogens with two attached hydrogens (primary N) is 1. The number of rotatable bonds is 5. The molecule has 0 spiro atoms. The van der Waals surface area contributed by atoms with Crippen molar-refractivity contribution in [3.8, 4) is 0 Å². The second kappa shape index (κ2) is 5.26. The van der Waals surface area contributed by atoms with Gasteiger partial charge in [0.1, 0.15) is 6.04 Å². The van der Waals surface area contributed by atoms with Gasteiger partial charge in [-0.1, -0.05) is 24.3 Å². The van der Waals surface area contributed by atoms with Gasteiger partial charge in [0.15, 0.2) is 0 Å². The Hall–Kier alpha value is -1.44. The van der Waals surface area contributed by atoms with Crippen LogP contribution in [0.15, 0.2) is 24.3 Å². The van der Waals surface area contributed by atoms with Crippen LogP contribution in [0, 0.1) is 0 Å². The van der Waals surface area contributed by atoms with Crippen LogP contribution in [0.4, 0.5) is 0 Å². The molecule has 0 fully saturated rings. The summed E-state index contributed by atoms with van der Waals surface area (Å²) in [5.74, 6) is -1.67. The van der Waals surface area contributed by atoms with Crippen LogP contribution < -0.4 is 5.73 Å². The lowest BCUT2D eigenvalue weighted by molar-refractivity contribution is -0.138. The molecule has 94 valence electrons. The Labute approximate surface area is 98.8 Å². The molecule has 1 unspecified atom stereocenters. The monoisotopic (exact) mass is 258 g/mol. The van der Waals surface area contributed by atoms with Gasteiger partial charge in [-0.25, -0.2) is 8.42 Å². The van der Waals surface area contributed by atoms with Crippen LogP contribution >= 0.6 is 0 Å². The van der Waals surface area contributed by atoms with E-state index in [1.807, 2.05) is 0 Å². The highest BCUT2D eigenvalue weighted by atomic mass is 32.2. The maximum Gasteiger partial charge on any atom is 0.320 e. The fourth-order valence-electron chi connectivity index (χ4n) is 1.32. The molecule has 0 bridgehead atoms. The minimum Gasteiger partial charge on any atom is -0.748 e. The molecule has 0 saturated carbocycles. The second-order valence-electron chi connectivity index (χ2n) is 3.67. The number of carboxylic acid groups (broad SMARTS) is 1. The van der Waals surface area contributed by atoms with E-state index in [0.29, 0.717) is 11.1 Å². The highest BCUT2D eigenvalue weighted by Gasteiger charge is 2.11. The summed E-state index contributed by atoms with van der Waals surface area (Å²) in [6, 6.07) is 5.06. The Morgan fingerprint density at radius 3 is 2.18 bits per heavy atom. The third kappa shape index (κ3) is 4.94. The van der Waals surface area contributed by atoms with Crippen molar-refractivity contribution in [1.82, 2.24) is 0 Å². The summed E-state index contributed by atoms with van der Waals surface area (Å²) in [6.07, 6.45) is 0.153. The normalized spacial score (nSPS) is 13.3. The average molecular weight is 258 g/mol. The fraction of sp³-hybridized carbons (Fsp3) is 0.300. The summed E-state index contributed by atoms with van der Waals surface area (Å²) in [5.41, 5.74) is 6.38. The van der Waals surface area contributed by atoms with Crippen LogP contribution in [0.25, 0.3) is 0 Å². The minimum absolute atomic E-state index is 0.153. The second-order valence-corrected chi connectivity index (χ2v) is 5.07. The van der Waals surface area contributed by atoms with E-state index in [0.717, 1.165) is 0 Å². The van der Waals surface area contributed by atoms with Gasteiger partial charge in [-0.3, -0.25) is 4.79 Å². The van der Waals surface area contributed by atoms with E-state index in [9.17, 15) is 17.8 Å². The average Bonchev–Trinajstić information content (AvgIpc) is 2.18. The molecule has 0 aliphatic rings. The maximum atomic E-state index is 10.5. The molecular weight excluding hydrogens is 246 g/mol. The van der Waals surface area contributed by atoms with Crippen LogP contribution in [0.3, 0.4) is 0 Å². The molecule has 0 aliphatic heterocycles. The Kier molecular flexibility index (Phi) is 4.22. The molecule has 1 rings (SSSR count). The van der Waals surface area contributed by atoms with Gasteiger partial charge in [0.2, 0.25) is 0 Å². The number of hydrogen-bond donors (Lipinski definition) is 2. The van der Waals surface area contributed by atoms with Crippen molar-refractivity contribution in [2.45, 2.75) is 18.2 Å². The van der Waals surface area contributed by atoms with E-state index in [2.05, 4.69) is 0 Å². The van der Waals surface area contributed by atoms with Gasteiger partial charge in [0.25, 0.3) is 0 Å². The van der Waals surface area contributed by atoms with Gasteiger partial charge in [0, 0.05) is 0 Å². The predicted molar refractivity (Wildman–Crippen MR) is 59.2 cm³/mol. The zero-order valence-corrected chi connectivity index (χ0v) is 9.68. The maximum absolute atomic E-state index is 10.5. The smallest absolute Gasteiger partial charge is 0.320 e. The Morgan fingerprint density at radius 2 is 1.76 bits per heavy atom. The molecule has 7 heteroatoms. The van der Waals surface area contributed by atoms with Gasteiger partial charge in [-0.15, -0.1) is 0 Å². The highest BCUT2D eigenvalue weighted by molar-refractivity contribution is 7.84. The molecule has 17 heavy (non-hydrogen) atoms. The number of carbonyl (C=O) groups is 1. The molecule has 0 saturated heterocycles. The van der Waals surface area contributed by atoms with Gasteiger partial charge in [-0.05, 0) is 17.5 Å². The molecule has 0 aromatic heterocycles. The standard InChI is InChI=1S/C10H13NO5S/c11-9(10(12)13)5-7-1-3-8(4-2-7)6-17(14,15)16/h1-4,9H,5-6,11H2,(H,12,13)(H,14,15,16)/p-1. The summed E-state index contributed by atoms with van der Waals surface area (Å²) >= 11 is 0. The summed E-state index contributed by atoms with van der Waals surface area (Å²) in [5, 5.41) is 8.61. The topological polar surface area (TPSA) is 121 Å².